The van der Waals surface area contributed by atoms with Gasteiger partial charge in [0.25, 0.3) is 5.91 Å². The smallest absolute Gasteiger partial charge is 0.260 e. The van der Waals surface area contributed by atoms with Gasteiger partial charge in [-0.1, -0.05) is 66.7 Å². The zero-order chi connectivity index (χ0) is 17.1. The Kier molecular flexibility index (Phi) is 4.05. The molecule has 0 aliphatic rings. The van der Waals surface area contributed by atoms with E-state index in [1.807, 2.05) is 89.8 Å². The topological polar surface area (TPSA) is 36.1 Å². The van der Waals surface area contributed by atoms with Crippen LogP contribution in [0.15, 0.2) is 91.1 Å². The number of fused-ring (bicyclic) bond motifs is 1. The van der Waals surface area contributed by atoms with Crippen LogP contribution in [0.4, 0.5) is 5.69 Å². The Morgan fingerprint density at radius 1 is 0.800 bits per heavy atom. The summed E-state index contributed by atoms with van der Waals surface area (Å²) in [6.07, 6.45) is 1.80. The Morgan fingerprint density at radius 2 is 1.44 bits per heavy atom. The number of aromatic amines is 1. The number of amides is 1. The van der Waals surface area contributed by atoms with Crippen molar-refractivity contribution in [2.24, 2.45) is 0 Å². The molecule has 122 valence electrons. The summed E-state index contributed by atoms with van der Waals surface area (Å²) >= 11 is 0. The molecule has 4 aromatic rings. The van der Waals surface area contributed by atoms with Crippen LogP contribution in [0.5, 0.6) is 0 Å². The van der Waals surface area contributed by atoms with E-state index in [4.69, 9.17) is 0 Å². The minimum atomic E-state index is -0.00694. The second-order valence-electron chi connectivity index (χ2n) is 5.96. The zero-order valence-corrected chi connectivity index (χ0v) is 13.7. The number of para-hydroxylation sites is 2. The molecular weight excluding hydrogens is 308 g/mol. The number of H-pyrrole nitrogens is 1. The average Bonchev–Trinajstić information content (AvgIpc) is 3.11. The lowest BCUT2D eigenvalue weighted by molar-refractivity contribution is 0.0987. The van der Waals surface area contributed by atoms with Gasteiger partial charge in [0.1, 0.15) is 0 Å². The van der Waals surface area contributed by atoms with E-state index in [-0.39, 0.29) is 5.91 Å². The predicted molar refractivity (Wildman–Crippen MR) is 102 cm³/mol. The Balaban J connectivity index is 1.76. The summed E-state index contributed by atoms with van der Waals surface area (Å²) in [5, 5.41) is 0.946. The summed E-state index contributed by atoms with van der Waals surface area (Å²) in [6, 6.07) is 27.7. The zero-order valence-electron chi connectivity index (χ0n) is 13.7. The molecule has 1 heterocycles. The maximum absolute atomic E-state index is 13.3. The predicted octanol–water partition coefficient (Wildman–Crippen LogP) is 5.01. The highest BCUT2D eigenvalue weighted by Crippen LogP contribution is 2.24. The molecule has 1 aromatic heterocycles. The molecule has 3 heteroatoms. The second kappa shape index (κ2) is 6.65. The van der Waals surface area contributed by atoms with Gasteiger partial charge in [0, 0.05) is 22.8 Å². The first-order valence-corrected chi connectivity index (χ1v) is 8.30. The minimum Gasteiger partial charge on any atom is -0.360 e. The van der Waals surface area contributed by atoms with Crippen molar-refractivity contribution in [2.45, 2.75) is 6.54 Å². The van der Waals surface area contributed by atoms with Crippen molar-refractivity contribution < 1.29 is 4.79 Å². The number of nitrogens with one attached hydrogen (secondary N) is 1. The summed E-state index contributed by atoms with van der Waals surface area (Å²) in [5.41, 5.74) is 3.65. The van der Waals surface area contributed by atoms with Crippen LogP contribution in [-0.4, -0.2) is 10.9 Å². The van der Waals surface area contributed by atoms with Crippen LogP contribution in [0.1, 0.15) is 15.9 Å². The van der Waals surface area contributed by atoms with Crippen LogP contribution in [0.3, 0.4) is 0 Å². The van der Waals surface area contributed by atoms with Crippen molar-refractivity contribution in [3.05, 3.63) is 102 Å². The van der Waals surface area contributed by atoms with Gasteiger partial charge in [0.15, 0.2) is 0 Å². The van der Waals surface area contributed by atoms with Gasteiger partial charge in [-0.15, -0.1) is 0 Å². The molecule has 0 unspecified atom stereocenters. The molecule has 0 radical (unpaired) electrons. The fraction of sp³-hybridized carbons (Fsp3) is 0.0455. The van der Waals surface area contributed by atoms with Gasteiger partial charge in [0.2, 0.25) is 0 Å². The number of hydrogen-bond acceptors (Lipinski definition) is 1. The number of benzene rings is 3. The molecule has 0 aliphatic heterocycles. The largest absolute Gasteiger partial charge is 0.360 e. The maximum atomic E-state index is 13.3. The molecule has 3 nitrogen and oxygen atoms in total. The van der Waals surface area contributed by atoms with Crippen LogP contribution in [0.25, 0.3) is 10.9 Å². The summed E-state index contributed by atoms with van der Waals surface area (Å²) in [7, 11) is 0. The molecule has 1 amide bonds. The quantitative estimate of drug-likeness (QED) is 0.562. The van der Waals surface area contributed by atoms with Crippen molar-refractivity contribution in [3.8, 4) is 0 Å². The van der Waals surface area contributed by atoms with Gasteiger partial charge >= 0.3 is 0 Å². The summed E-state index contributed by atoms with van der Waals surface area (Å²) in [5.74, 6) is -0.00694. The van der Waals surface area contributed by atoms with Gasteiger partial charge in [-0.2, -0.15) is 0 Å². The number of rotatable bonds is 4. The number of aromatic nitrogens is 1. The molecule has 0 saturated heterocycles. The highest BCUT2D eigenvalue weighted by Gasteiger charge is 2.20. The van der Waals surface area contributed by atoms with Gasteiger partial charge in [-0.3, -0.25) is 4.79 Å². The monoisotopic (exact) mass is 326 g/mol. The molecular formula is C22H18N2O. The van der Waals surface area contributed by atoms with E-state index in [1.165, 1.54) is 0 Å². The third-order valence-electron chi connectivity index (χ3n) is 4.32. The van der Waals surface area contributed by atoms with Crippen LogP contribution in [-0.2, 0) is 6.54 Å². The van der Waals surface area contributed by atoms with Gasteiger partial charge in [-0.25, -0.2) is 0 Å². The van der Waals surface area contributed by atoms with Gasteiger partial charge < -0.3 is 9.88 Å². The lowest BCUT2D eigenvalue weighted by Gasteiger charge is -2.23. The molecule has 0 spiro atoms. The van der Waals surface area contributed by atoms with Crippen LogP contribution in [0, 0.1) is 0 Å². The number of anilines is 1. The highest BCUT2D eigenvalue weighted by molar-refractivity contribution is 6.13. The highest BCUT2D eigenvalue weighted by atomic mass is 16.2. The van der Waals surface area contributed by atoms with E-state index >= 15 is 0 Å². The Morgan fingerprint density at radius 3 is 2.20 bits per heavy atom. The third-order valence-corrected chi connectivity index (χ3v) is 4.32. The van der Waals surface area contributed by atoms with E-state index in [0.717, 1.165) is 22.2 Å². The number of nitrogens with zero attached hydrogens (tertiary/aromatic N) is 1. The van der Waals surface area contributed by atoms with Crippen LogP contribution in [0.2, 0.25) is 0 Å². The van der Waals surface area contributed by atoms with E-state index in [9.17, 15) is 4.79 Å². The van der Waals surface area contributed by atoms with Crippen molar-refractivity contribution >= 4 is 22.5 Å². The van der Waals surface area contributed by atoms with Gasteiger partial charge in [0.05, 0.1) is 12.1 Å². The third kappa shape index (κ3) is 3.04. The van der Waals surface area contributed by atoms with Crippen LogP contribution >= 0.6 is 0 Å². The second-order valence-corrected chi connectivity index (χ2v) is 5.96. The Hall–Kier alpha value is -3.33. The molecule has 0 atom stereocenters. The first-order chi connectivity index (χ1) is 12.3. The first kappa shape index (κ1) is 15.2. The van der Waals surface area contributed by atoms with Crippen LogP contribution < -0.4 is 4.90 Å². The number of carbonyl (C=O) groups is 1. The summed E-state index contributed by atoms with van der Waals surface area (Å²) < 4.78 is 0. The lowest BCUT2D eigenvalue weighted by atomic mass is 10.1. The SMILES string of the molecule is O=C(c1c[nH]c2ccccc12)N(Cc1ccccc1)c1ccccc1. The molecule has 1 N–H and O–H groups in total. The van der Waals surface area contributed by atoms with E-state index in [1.54, 1.807) is 6.20 Å². The average molecular weight is 326 g/mol. The normalized spacial score (nSPS) is 10.7. The van der Waals surface area contributed by atoms with Crippen molar-refractivity contribution in [2.75, 3.05) is 4.90 Å². The summed E-state index contributed by atoms with van der Waals surface area (Å²) in [6.45, 7) is 0.531. The molecule has 0 fully saturated rings. The molecule has 3 aromatic carbocycles. The van der Waals surface area contributed by atoms with Crippen molar-refractivity contribution in [1.29, 1.82) is 0 Å². The molecule has 4 rings (SSSR count). The van der Waals surface area contributed by atoms with E-state index in [0.29, 0.717) is 12.1 Å². The maximum Gasteiger partial charge on any atom is 0.260 e. The molecule has 25 heavy (non-hydrogen) atoms. The van der Waals surface area contributed by atoms with Gasteiger partial charge in [-0.05, 0) is 23.8 Å². The minimum absolute atomic E-state index is 0.00694. The Labute approximate surface area is 146 Å². The number of hydrogen-bond donors (Lipinski definition) is 1. The molecule has 0 bridgehead atoms. The lowest BCUT2D eigenvalue weighted by Crippen LogP contribution is -2.30. The van der Waals surface area contributed by atoms with E-state index in [2.05, 4.69) is 4.98 Å². The Bertz CT molecular complexity index is 990. The van der Waals surface area contributed by atoms with Crippen molar-refractivity contribution in [3.63, 3.8) is 0 Å². The van der Waals surface area contributed by atoms with E-state index < -0.39 is 0 Å². The standard InChI is InChI=1S/C22H18N2O/c25-22(20-15-23-21-14-8-7-13-19(20)21)24(18-11-5-2-6-12-18)16-17-9-3-1-4-10-17/h1-15,23H,16H2. The fourth-order valence-electron chi connectivity index (χ4n) is 3.05. The summed E-state index contributed by atoms with van der Waals surface area (Å²) in [4.78, 5) is 18.3. The molecule has 0 saturated carbocycles. The molecule has 0 aliphatic carbocycles. The number of carbonyl (C=O) groups excluding carboxylic acids is 1. The van der Waals surface area contributed by atoms with Crippen molar-refractivity contribution in [1.82, 2.24) is 4.98 Å². The fourth-order valence-corrected chi connectivity index (χ4v) is 3.05. The first-order valence-electron chi connectivity index (χ1n) is 8.30.